The van der Waals surface area contributed by atoms with Gasteiger partial charge in [-0.1, -0.05) is 30.7 Å². The van der Waals surface area contributed by atoms with Crippen molar-refractivity contribution < 1.29 is 5.11 Å². The Bertz CT molecular complexity index is 312. The molecule has 2 nitrogen and oxygen atoms in total. The second-order valence-electron chi connectivity index (χ2n) is 4.75. The molecular formula is C14H21NO. The van der Waals surface area contributed by atoms with Gasteiger partial charge in [0.05, 0.1) is 6.10 Å². The van der Waals surface area contributed by atoms with Crippen LogP contribution in [0.2, 0.25) is 0 Å². The quantitative estimate of drug-likeness (QED) is 0.845. The van der Waals surface area contributed by atoms with E-state index in [2.05, 4.69) is 17.0 Å². The van der Waals surface area contributed by atoms with Gasteiger partial charge in [0.2, 0.25) is 0 Å². The number of aliphatic hydroxyl groups is 1. The average molecular weight is 219 g/mol. The lowest BCUT2D eigenvalue weighted by atomic mass is 10.1. The van der Waals surface area contributed by atoms with Crippen LogP contribution in [-0.2, 0) is 6.54 Å². The smallest absolute Gasteiger partial charge is 0.0761 e. The van der Waals surface area contributed by atoms with Gasteiger partial charge in [-0.25, -0.2) is 0 Å². The highest BCUT2D eigenvalue weighted by Crippen LogP contribution is 2.16. The van der Waals surface area contributed by atoms with Crippen LogP contribution in [0.25, 0.3) is 0 Å². The molecule has 1 unspecified atom stereocenters. The second kappa shape index (κ2) is 5.46. The molecule has 2 rings (SSSR count). The van der Waals surface area contributed by atoms with Crippen LogP contribution in [0, 0.1) is 0 Å². The van der Waals surface area contributed by atoms with Crippen LogP contribution in [-0.4, -0.2) is 23.1 Å². The topological polar surface area (TPSA) is 23.5 Å². The summed E-state index contributed by atoms with van der Waals surface area (Å²) in [5.74, 6) is 0. The summed E-state index contributed by atoms with van der Waals surface area (Å²) in [6.07, 6.45) is 3.71. The van der Waals surface area contributed by atoms with Gasteiger partial charge in [-0.15, -0.1) is 0 Å². The third-order valence-electron chi connectivity index (χ3n) is 3.32. The van der Waals surface area contributed by atoms with Crippen LogP contribution in [0.3, 0.4) is 0 Å². The number of benzene rings is 1. The molecule has 0 aromatic heterocycles. The van der Waals surface area contributed by atoms with Crippen LogP contribution < -0.4 is 0 Å². The lowest BCUT2D eigenvalue weighted by Gasteiger charge is -2.26. The molecular weight excluding hydrogens is 198 g/mol. The molecule has 0 aliphatic carbocycles. The molecule has 1 aliphatic rings. The molecule has 0 saturated carbocycles. The van der Waals surface area contributed by atoms with Gasteiger partial charge in [-0.3, -0.25) is 4.90 Å². The lowest BCUT2D eigenvalue weighted by molar-refractivity contribution is 0.199. The van der Waals surface area contributed by atoms with Crippen LogP contribution in [0.5, 0.6) is 0 Å². The zero-order valence-electron chi connectivity index (χ0n) is 10.0. The van der Waals surface area contributed by atoms with E-state index in [1.54, 1.807) is 6.92 Å². The first-order valence-corrected chi connectivity index (χ1v) is 6.25. The molecule has 1 saturated heterocycles. The predicted molar refractivity (Wildman–Crippen MR) is 66.2 cm³/mol. The second-order valence-corrected chi connectivity index (χ2v) is 4.75. The molecule has 16 heavy (non-hydrogen) atoms. The predicted octanol–water partition coefficient (Wildman–Crippen LogP) is 2.73. The SMILES string of the molecule is CC(O)c1ccc(CN2CCCCC2)cc1. The van der Waals surface area contributed by atoms with Gasteiger partial charge in [0, 0.05) is 6.54 Å². The van der Waals surface area contributed by atoms with Crippen molar-refractivity contribution in [3.05, 3.63) is 35.4 Å². The molecule has 1 heterocycles. The molecule has 0 bridgehead atoms. The number of piperidine rings is 1. The van der Waals surface area contributed by atoms with Crippen molar-refractivity contribution in [1.29, 1.82) is 0 Å². The number of likely N-dealkylation sites (tertiary alicyclic amines) is 1. The fraction of sp³-hybridized carbons (Fsp3) is 0.571. The third-order valence-corrected chi connectivity index (χ3v) is 3.32. The monoisotopic (exact) mass is 219 g/mol. The van der Waals surface area contributed by atoms with E-state index in [0.29, 0.717) is 0 Å². The Balaban J connectivity index is 1.93. The minimum atomic E-state index is -0.357. The van der Waals surface area contributed by atoms with Crippen LogP contribution in [0.15, 0.2) is 24.3 Å². The summed E-state index contributed by atoms with van der Waals surface area (Å²) in [4.78, 5) is 2.51. The van der Waals surface area contributed by atoms with E-state index >= 15 is 0 Å². The van der Waals surface area contributed by atoms with Crippen LogP contribution in [0.1, 0.15) is 43.4 Å². The molecule has 1 aromatic rings. The largest absolute Gasteiger partial charge is 0.389 e. The van der Waals surface area contributed by atoms with E-state index in [1.165, 1.54) is 37.9 Å². The zero-order valence-corrected chi connectivity index (χ0v) is 10.0. The number of hydrogen-bond donors (Lipinski definition) is 1. The van der Waals surface area contributed by atoms with Crippen LogP contribution >= 0.6 is 0 Å². The Morgan fingerprint density at radius 2 is 1.75 bits per heavy atom. The van der Waals surface area contributed by atoms with Gasteiger partial charge < -0.3 is 5.11 Å². The van der Waals surface area contributed by atoms with Gasteiger partial charge in [0.25, 0.3) is 0 Å². The van der Waals surface area contributed by atoms with E-state index in [-0.39, 0.29) is 6.10 Å². The van der Waals surface area contributed by atoms with Gasteiger partial charge in [0.15, 0.2) is 0 Å². The van der Waals surface area contributed by atoms with E-state index in [4.69, 9.17) is 0 Å². The molecule has 0 spiro atoms. The van der Waals surface area contributed by atoms with Crippen molar-refractivity contribution in [2.24, 2.45) is 0 Å². The summed E-state index contributed by atoms with van der Waals surface area (Å²) in [6, 6.07) is 8.33. The number of nitrogens with zero attached hydrogens (tertiary/aromatic N) is 1. The Hall–Kier alpha value is -0.860. The van der Waals surface area contributed by atoms with Crippen molar-refractivity contribution >= 4 is 0 Å². The highest BCUT2D eigenvalue weighted by Gasteiger charge is 2.10. The zero-order chi connectivity index (χ0) is 11.4. The summed E-state index contributed by atoms with van der Waals surface area (Å²) >= 11 is 0. The number of hydrogen-bond acceptors (Lipinski definition) is 2. The maximum atomic E-state index is 9.43. The highest BCUT2D eigenvalue weighted by atomic mass is 16.3. The lowest BCUT2D eigenvalue weighted by Crippen LogP contribution is -2.29. The molecule has 2 heteroatoms. The van der Waals surface area contributed by atoms with E-state index in [1.807, 2.05) is 12.1 Å². The van der Waals surface area contributed by atoms with Crippen molar-refractivity contribution in [3.63, 3.8) is 0 Å². The first-order valence-electron chi connectivity index (χ1n) is 6.25. The van der Waals surface area contributed by atoms with E-state index in [9.17, 15) is 5.11 Å². The fourth-order valence-electron chi connectivity index (χ4n) is 2.28. The van der Waals surface area contributed by atoms with Crippen LogP contribution in [0.4, 0.5) is 0 Å². The van der Waals surface area contributed by atoms with Crippen molar-refractivity contribution in [1.82, 2.24) is 4.90 Å². The summed E-state index contributed by atoms with van der Waals surface area (Å²) in [5, 5.41) is 9.43. The molecule has 1 N–H and O–H groups in total. The molecule has 1 aromatic carbocycles. The first-order chi connectivity index (χ1) is 7.75. The standard InChI is InChI=1S/C14H21NO/c1-12(16)14-7-5-13(6-8-14)11-15-9-3-2-4-10-15/h5-8,12,16H,2-4,9-11H2,1H3. The first kappa shape index (κ1) is 11.6. The minimum absolute atomic E-state index is 0.357. The average Bonchev–Trinajstić information content (AvgIpc) is 2.31. The third kappa shape index (κ3) is 3.06. The summed E-state index contributed by atoms with van der Waals surface area (Å²) in [6.45, 7) is 5.33. The number of aliphatic hydroxyl groups excluding tert-OH is 1. The Labute approximate surface area is 97.9 Å². The normalized spacial score (nSPS) is 19.6. The summed E-state index contributed by atoms with van der Waals surface area (Å²) < 4.78 is 0. The number of rotatable bonds is 3. The molecule has 88 valence electrons. The Morgan fingerprint density at radius 1 is 1.12 bits per heavy atom. The van der Waals surface area contributed by atoms with Gasteiger partial charge in [-0.2, -0.15) is 0 Å². The minimum Gasteiger partial charge on any atom is -0.389 e. The van der Waals surface area contributed by atoms with E-state index < -0.39 is 0 Å². The molecule has 1 fully saturated rings. The fourth-order valence-corrected chi connectivity index (χ4v) is 2.28. The molecule has 1 atom stereocenters. The molecule has 0 radical (unpaired) electrons. The van der Waals surface area contributed by atoms with Crippen molar-refractivity contribution in [2.45, 2.75) is 38.8 Å². The maximum absolute atomic E-state index is 9.43. The summed E-state index contributed by atoms with van der Waals surface area (Å²) in [7, 11) is 0. The molecule has 0 amide bonds. The van der Waals surface area contributed by atoms with Gasteiger partial charge in [-0.05, 0) is 44.0 Å². The van der Waals surface area contributed by atoms with Crippen molar-refractivity contribution in [2.75, 3.05) is 13.1 Å². The van der Waals surface area contributed by atoms with Gasteiger partial charge in [0.1, 0.15) is 0 Å². The van der Waals surface area contributed by atoms with Crippen molar-refractivity contribution in [3.8, 4) is 0 Å². The van der Waals surface area contributed by atoms with Gasteiger partial charge >= 0.3 is 0 Å². The molecule has 1 aliphatic heterocycles. The summed E-state index contributed by atoms with van der Waals surface area (Å²) in [5.41, 5.74) is 2.36. The van der Waals surface area contributed by atoms with E-state index in [0.717, 1.165) is 12.1 Å². The Morgan fingerprint density at radius 3 is 2.31 bits per heavy atom. The maximum Gasteiger partial charge on any atom is 0.0761 e. The highest BCUT2D eigenvalue weighted by molar-refractivity contribution is 5.23. The Kier molecular flexibility index (Phi) is 3.97.